The first-order valence-corrected chi connectivity index (χ1v) is 9.87. The Hall–Kier alpha value is -1.38. The molecule has 0 saturated heterocycles. The fraction of sp³-hybridized carbons (Fsp3) is 0.562. The van der Waals surface area contributed by atoms with Gasteiger partial charge in [0.15, 0.2) is 5.17 Å². The van der Waals surface area contributed by atoms with Crippen molar-refractivity contribution in [3.63, 3.8) is 0 Å². The number of rotatable bonds is 5. The molecule has 0 fully saturated rings. The van der Waals surface area contributed by atoms with Gasteiger partial charge in [-0.3, -0.25) is 9.79 Å². The highest BCUT2D eigenvalue weighted by molar-refractivity contribution is 8.13. The van der Waals surface area contributed by atoms with Gasteiger partial charge in [-0.1, -0.05) is 11.8 Å². The van der Waals surface area contributed by atoms with Gasteiger partial charge in [0, 0.05) is 12.0 Å². The molecule has 0 spiro atoms. The maximum Gasteiger partial charge on any atom is 0.259 e. The Balaban J connectivity index is 1.78. The average molecular weight is 367 g/mol. The summed E-state index contributed by atoms with van der Waals surface area (Å²) in [6.07, 6.45) is 4.41. The van der Waals surface area contributed by atoms with E-state index in [1.54, 1.807) is 18.4 Å². The van der Waals surface area contributed by atoms with Crippen molar-refractivity contribution in [2.24, 2.45) is 10.7 Å². The number of aromatic amines is 1. The van der Waals surface area contributed by atoms with E-state index >= 15 is 0 Å². The monoisotopic (exact) mass is 366 g/mol. The molecule has 1 aliphatic carbocycles. The summed E-state index contributed by atoms with van der Waals surface area (Å²) < 4.78 is 5.04. The third kappa shape index (κ3) is 3.81. The summed E-state index contributed by atoms with van der Waals surface area (Å²) in [5, 5.41) is 1.27. The van der Waals surface area contributed by atoms with E-state index in [1.807, 2.05) is 6.92 Å². The van der Waals surface area contributed by atoms with Crippen LogP contribution in [0.1, 0.15) is 36.0 Å². The standard InChI is InChI=1S/C16H22N4O2S2/c1-9(7-22-2)18-16(17)23-8-12-19-14(21)13-10-5-3-4-6-11(10)24-15(13)20-12/h9H,3-8H2,1-2H3,(H2,17,18)(H,19,20,21)/t9-/m1/s1. The smallest absolute Gasteiger partial charge is 0.259 e. The highest BCUT2D eigenvalue weighted by Gasteiger charge is 2.19. The number of H-pyrrole nitrogens is 1. The minimum Gasteiger partial charge on any atom is -0.382 e. The van der Waals surface area contributed by atoms with Crippen LogP contribution in [0.15, 0.2) is 9.79 Å². The number of aryl methyl sites for hydroxylation is 2. The van der Waals surface area contributed by atoms with Crippen molar-refractivity contribution < 1.29 is 4.74 Å². The van der Waals surface area contributed by atoms with Crippen LogP contribution < -0.4 is 11.3 Å². The summed E-state index contributed by atoms with van der Waals surface area (Å²) in [5.74, 6) is 1.15. The molecule has 0 aromatic carbocycles. The number of hydrogen-bond donors (Lipinski definition) is 2. The fourth-order valence-electron chi connectivity index (χ4n) is 2.95. The summed E-state index contributed by atoms with van der Waals surface area (Å²) in [4.78, 5) is 26.5. The molecule has 0 radical (unpaired) electrons. The SMILES string of the molecule is COC[C@@H](C)N=C(N)SCc1nc2sc3c(c2c(=O)[nH]1)CCCC3. The van der Waals surface area contributed by atoms with Crippen molar-refractivity contribution in [1.82, 2.24) is 9.97 Å². The summed E-state index contributed by atoms with van der Waals surface area (Å²) >= 11 is 3.04. The molecule has 24 heavy (non-hydrogen) atoms. The number of aliphatic imine (C=N–C) groups is 1. The van der Waals surface area contributed by atoms with Gasteiger partial charge in [0.25, 0.3) is 5.56 Å². The minimum atomic E-state index is -0.0294. The zero-order valence-corrected chi connectivity index (χ0v) is 15.6. The normalized spacial score (nSPS) is 16.3. The van der Waals surface area contributed by atoms with E-state index in [1.165, 1.54) is 28.6 Å². The topological polar surface area (TPSA) is 93.4 Å². The average Bonchev–Trinajstić information content (AvgIpc) is 2.92. The first kappa shape index (κ1) is 17.4. The predicted octanol–water partition coefficient (Wildman–Crippen LogP) is 2.45. The van der Waals surface area contributed by atoms with Crippen LogP contribution >= 0.6 is 23.1 Å². The molecule has 1 aliphatic rings. The molecule has 2 aromatic heterocycles. The van der Waals surface area contributed by atoms with Gasteiger partial charge in [-0.05, 0) is 38.2 Å². The minimum absolute atomic E-state index is 0.0148. The van der Waals surface area contributed by atoms with E-state index in [-0.39, 0.29) is 11.6 Å². The zero-order valence-electron chi connectivity index (χ0n) is 13.9. The van der Waals surface area contributed by atoms with Crippen LogP contribution in [0.25, 0.3) is 10.2 Å². The number of nitrogens with two attached hydrogens (primary N) is 1. The third-order valence-electron chi connectivity index (χ3n) is 3.99. The molecule has 0 aliphatic heterocycles. The maximum atomic E-state index is 12.5. The summed E-state index contributed by atoms with van der Waals surface area (Å²) in [5.41, 5.74) is 7.11. The first-order chi connectivity index (χ1) is 11.6. The number of ether oxygens (including phenoxy) is 1. The lowest BCUT2D eigenvalue weighted by molar-refractivity contribution is 0.186. The number of methoxy groups -OCH3 is 1. The van der Waals surface area contributed by atoms with Gasteiger partial charge in [-0.2, -0.15) is 0 Å². The Kier molecular flexibility index (Phi) is 5.57. The number of amidine groups is 1. The van der Waals surface area contributed by atoms with Gasteiger partial charge >= 0.3 is 0 Å². The number of thiophene rings is 1. The second-order valence-electron chi connectivity index (χ2n) is 5.96. The summed E-state index contributed by atoms with van der Waals surface area (Å²) in [6, 6.07) is 0.0148. The Morgan fingerprint density at radius 3 is 3.08 bits per heavy atom. The molecular weight excluding hydrogens is 344 g/mol. The van der Waals surface area contributed by atoms with Gasteiger partial charge in [0.2, 0.25) is 0 Å². The van der Waals surface area contributed by atoms with Crippen LogP contribution in [0.3, 0.4) is 0 Å². The van der Waals surface area contributed by atoms with Crippen LogP contribution in [0.2, 0.25) is 0 Å². The largest absolute Gasteiger partial charge is 0.382 e. The summed E-state index contributed by atoms with van der Waals surface area (Å²) in [7, 11) is 1.64. The molecule has 0 saturated carbocycles. The molecule has 1 atom stereocenters. The van der Waals surface area contributed by atoms with Crippen molar-refractivity contribution in [2.45, 2.75) is 44.4 Å². The van der Waals surface area contributed by atoms with Gasteiger partial charge in [-0.15, -0.1) is 11.3 Å². The molecule has 8 heteroatoms. The Morgan fingerprint density at radius 1 is 1.50 bits per heavy atom. The molecule has 2 heterocycles. The number of nitrogens with zero attached hydrogens (tertiary/aromatic N) is 2. The Bertz CT molecular complexity index is 812. The number of nitrogens with one attached hydrogen (secondary N) is 1. The van der Waals surface area contributed by atoms with E-state index in [2.05, 4.69) is 15.0 Å². The van der Waals surface area contributed by atoms with E-state index in [9.17, 15) is 4.79 Å². The molecule has 2 aromatic rings. The van der Waals surface area contributed by atoms with Gasteiger partial charge in [0.1, 0.15) is 10.7 Å². The molecule has 130 valence electrons. The van der Waals surface area contributed by atoms with Gasteiger partial charge in [0.05, 0.1) is 23.8 Å². The van der Waals surface area contributed by atoms with Crippen LogP contribution in [-0.2, 0) is 23.3 Å². The predicted molar refractivity (Wildman–Crippen MR) is 101 cm³/mol. The molecule has 3 rings (SSSR count). The lowest BCUT2D eigenvalue weighted by Crippen LogP contribution is -2.16. The highest BCUT2D eigenvalue weighted by atomic mass is 32.2. The van der Waals surface area contributed by atoms with Crippen LogP contribution in [-0.4, -0.2) is 34.9 Å². The molecular formula is C16H22N4O2S2. The van der Waals surface area contributed by atoms with Crippen LogP contribution in [0.5, 0.6) is 0 Å². The molecule has 6 nitrogen and oxygen atoms in total. The Morgan fingerprint density at radius 2 is 2.29 bits per heavy atom. The van der Waals surface area contributed by atoms with E-state index < -0.39 is 0 Å². The number of fused-ring (bicyclic) bond motifs is 3. The molecule has 0 amide bonds. The zero-order chi connectivity index (χ0) is 17.1. The van der Waals surface area contributed by atoms with Crippen LogP contribution in [0.4, 0.5) is 0 Å². The third-order valence-corrected chi connectivity index (χ3v) is 5.99. The van der Waals surface area contributed by atoms with Crippen LogP contribution in [0, 0.1) is 0 Å². The molecule has 0 bridgehead atoms. The van der Waals surface area contributed by atoms with Gasteiger partial charge in [-0.25, -0.2) is 4.98 Å². The quantitative estimate of drug-likeness (QED) is 0.626. The van der Waals surface area contributed by atoms with Crippen molar-refractivity contribution >= 4 is 38.5 Å². The van der Waals surface area contributed by atoms with E-state index in [0.29, 0.717) is 23.4 Å². The Labute approximate surface area is 148 Å². The molecule has 3 N–H and O–H groups in total. The highest BCUT2D eigenvalue weighted by Crippen LogP contribution is 2.33. The number of hydrogen-bond acceptors (Lipinski definition) is 6. The number of thioether (sulfide) groups is 1. The maximum absolute atomic E-state index is 12.5. The number of aromatic nitrogens is 2. The van der Waals surface area contributed by atoms with Crippen molar-refractivity contribution in [3.8, 4) is 0 Å². The van der Waals surface area contributed by atoms with E-state index in [0.717, 1.165) is 29.5 Å². The van der Waals surface area contributed by atoms with Crippen molar-refractivity contribution in [3.05, 3.63) is 26.6 Å². The van der Waals surface area contributed by atoms with Crippen molar-refractivity contribution in [2.75, 3.05) is 13.7 Å². The van der Waals surface area contributed by atoms with E-state index in [4.69, 9.17) is 10.5 Å². The second kappa shape index (κ2) is 7.67. The molecule has 0 unspecified atom stereocenters. The summed E-state index contributed by atoms with van der Waals surface area (Å²) in [6.45, 7) is 2.47. The van der Waals surface area contributed by atoms with Gasteiger partial charge < -0.3 is 15.5 Å². The second-order valence-corrected chi connectivity index (χ2v) is 8.04. The fourth-order valence-corrected chi connectivity index (χ4v) is 4.91. The lowest BCUT2D eigenvalue weighted by Gasteiger charge is -2.09. The van der Waals surface area contributed by atoms with Crippen molar-refractivity contribution in [1.29, 1.82) is 0 Å². The first-order valence-electron chi connectivity index (χ1n) is 8.07. The lowest BCUT2D eigenvalue weighted by atomic mass is 9.97.